The first-order chi connectivity index (χ1) is 5.84. The van der Waals surface area contributed by atoms with Crippen LogP contribution >= 0.6 is 11.3 Å². The Hall–Kier alpha value is -0.570. The summed E-state index contributed by atoms with van der Waals surface area (Å²) < 4.78 is 0. The Bertz CT molecular complexity index is 251. The van der Waals surface area contributed by atoms with Crippen LogP contribution in [0.25, 0.3) is 0 Å². The number of anilines is 1. The second-order valence-electron chi connectivity index (χ2n) is 3.42. The summed E-state index contributed by atoms with van der Waals surface area (Å²) in [5.41, 5.74) is 1.13. The maximum atomic E-state index is 4.38. The smallest absolute Gasteiger partial charge is 0.183 e. The molecule has 0 radical (unpaired) electrons. The number of nitrogens with zero attached hydrogens (tertiary/aromatic N) is 1. The van der Waals surface area contributed by atoms with E-state index in [4.69, 9.17) is 0 Å². The number of hydrogen-bond donors (Lipinski definition) is 1. The second-order valence-corrected chi connectivity index (χ2v) is 4.28. The molecule has 66 valence electrons. The van der Waals surface area contributed by atoms with Gasteiger partial charge in [0.2, 0.25) is 0 Å². The maximum absolute atomic E-state index is 4.38. The van der Waals surface area contributed by atoms with Crippen molar-refractivity contribution in [2.45, 2.75) is 38.6 Å². The second kappa shape index (κ2) is 3.44. The molecule has 1 aliphatic rings. The largest absolute Gasteiger partial charge is 0.359 e. The van der Waals surface area contributed by atoms with Crippen LogP contribution in [0.5, 0.6) is 0 Å². The van der Waals surface area contributed by atoms with Gasteiger partial charge in [-0.3, -0.25) is 0 Å². The SMILES string of the molecule is Cc1csc(NC2CCCC2)n1. The van der Waals surface area contributed by atoms with E-state index in [2.05, 4.69) is 15.7 Å². The summed E-state index contributed by atoms with van der Waals surface area (Å²) in [6.07, 6.45) is 5.39. The molecule has 1 fully saturated rings. The fraction of sp³-hybridized carbons (Fsp3) is 0.667. The van der Waals surface area contributed by atoms with Gasteiger partial charge in [0.1, 0.15) is 0 Å². The lowest BCUT2D eigenvalue weighted by Crippen LogP contribution is -2.13. The van der Waals surface area contributed by atoms with Gasteiger partial charge < -0.3 is 5.32 Å². The van der Waals surface area contributed by atoms with E-state index in [1.807, 2.05) is 6.92 Å². The first-order valence-electron chi connectivity index (χ1n) is 4.53. The van der Waals surface area contributed by atoms with Crippen molar-refractivity contribution in [3.63, 3.8) is 0 Å². The van der Waals surface area contributed by atoms with E-state index in [-0.39, 0.29) is 0 Å². The summed E-state index contributed by atoms with van der Waals surface area (Å²) in [5.74, 6) is 0. The monoisotopic (exact) mass is 182 g/mol. The lowest BCUT2D eigenvalue weighted by molar-refractivity contribution is 0.754. The first-order valence-corrected chi connectivity index (χ1v) is 5.41. The van der Waals surface area contributed by atoms with Crippen LogP contribution in [0.4, 0.5) is 5.13 Å². The van der Waals surface area contributed by atoms with Crippen LogP contribution < -0.4 is 5.32 Å². The molecule has 1 saturated carbocycles. The van der Waals surface area contributed by atoms with Gasteiger partial charge in [0.05, 0.1) is 5.69 Å². The molecule has 1 aromatic rings. The van der Waals surface area contributed by atoms with Crippen LogP contribution in [0.3, 0.4) is 0 Å². The highest BCUT2D eigenvalue weighted by atomic mass is 32.1. The zero-order chi connectivity index (χ0) is 8.39. The summed E-state index contributed by atoms with van der Waals surface area (Å²) >= 11 is 1.71. The Kier molecular flexibility index (Phi) is 2.30. The minimum Gasteiger partial charge on any atom is -0.359 e. The average molecular weight is 182 g/mol. The van der Waals surface area contributed by atoms with Gasteiger partial charge in [0.25, 0.3) is 0 Å². The molecule has 1 aliphatic carbocycles. The molecule has 0 unspecified atom stereocenters. The minimum atomic E-state index is 0.690. The summed E-state index contributed by atoms with van der Waals surface area (Å²) in [6, 6.07) is 0.690. The van der Waals surface area contributed by atoms with E-state index in [0.29, 0.717) is 6.04 Å². The van der Waals surface area contributed by atoms with Crippen LogP contribution in [-0.2, 0) is 0 Å². The third-order valence-corrected chi connectivity index (χ3v) is 3.19. The molecule has 0 aliphatic heterocycles. The standard InChI is InChI=1S/C9H14N2S/c1-7-6-12-9(10-7)11-8-4-2-3-5-8/h6,8H,2-5H2,1H3,(H,10,11). The summed E-state index contributed by atoms with van der Waals surface area (Å²) in [4.78, 5) is 4.38. The van der Waals surface area contributed by atoms with Crippen LogP contribution in [0.1, 0.15) is 31.4 Å². The topological polar surface area (TPSA) is 24.9 Å². The minimum absolute atomic E-state index is 0.690. The van der Waals surface area contributed by atoms with E-state index >= 15 is 0 Å². The van der Waals surface area contributed by atoms with Gasteiger partial charge in [0.15, 0.2) is 5.13 Å². The molecule has 1 heterocycles. The summed E-state index contributed by atoms with van der Waals surface area (Å²) in [5, 5.41) is 6.66. The Morgan fingerprint density at radius 3 is 2.83 bits per heavy atom. The van der Waals surface area contributed by atoms with Crippen molar-refractivity contribution >= 4 is 16.5 Å². The fourth-order valence-corrected chi connectivity index (χ4v) is 2.43. The Labute approximate surface area is 77.0 Å². The Balaban J connectivity index is 1.94. The van der Waals surface area contributed by atoms with Crippen molar-refractivity contribution in [3.05, 3.63) is 11.1 Å². The third-order valence-electron chi connectivity index (χ3n) is 2.30. The zero-order valence-electron chi connectivity index (χ0n) is 7.34. The van der Waals surface area contributed by atoms with E-state index < -0.39 is 0 Å². The van der Waals surface area contributed by atoms with Crippen LogP contribution in [0.15, 0.2) is 5.38 Å². The quantitative estimate of drug-likeness (QED) is 0.760. The first kappa shape index (κ1) is 8.05. The molecular formula is C9H14N2S. The van der Waals surface area contributed by atoms with Gasteiger partial charge >= 0.3 is 0 Å². The van der Waals surface area contributed by atoms with Crippen molar-refractivity contribution < 1.29 is 0 Å². The number of thiazole rings is 1. The molecule has 1 aromatic heterocycles. The van der Waals surface area contributed by atoms with Crippen molar-refractivity contribution in [2.75, 3.05) is 5.32 Å². The molecule has 2 nitrogen and oxygen atoms in total. The van der Waals surface area contributed by atoms with Gasteiger partial charge in [0, 0.05) is 11.4 Å². The lowest BCUT2D eigenvalue weighted by Gasteiger charge is -2.09. The molecular weight excluding hydrogens is 168 g/mol. The van der Waals surface area contributed by atoms with Crippen LogP contribution in [0.2, 0.25) is 0 Å². The number of rotatable bonds is 2. The molecule has 0 aromatic carbocycles. The van der Waals surface area contributed by atoms with E-state index in [9.17, 15) is 0 Å². The molecule has 2 rings (SSSR count). The van der Waals surface area contributed by atoms with Gasteiger partial charge in [-0.05, 0) is 19.8 Å². The summed E-state index contributed by atoms with van der Waals surface area (Å²) in [6.45, 7) is 2.04. The molecule has 0 saturated heterocycles. The van der Waals surface area contributed by atoms with Crippen LogP contribution in [0, 0.1) is 6.92 Å². The van der Waals surface area contributed by atoms with Gasteiger partial charge in [-0.1, -0.05) is 12.8 Å². The normalized spacial score (nSPS) is 18.4. The van der Waals surface area contributed by atoms with Crippen molar-refractivity contribution in [1.82, 2.24) is 4.98 Å². The predicted octanol–water partition coefficient (Wildman–Crippen LogP) is 2.81. The van der Waals surface area contributed by atoms with Gasteiger partial charge in [-0.15, -0.1) is 11.3 Å². The highest BCUT2D eigenvalue weighted by Crippen LogP contribution is 2.23. The number of aryl methyl sites for hydroxylation is 1. The van der Waals surface area contributed by atoms with E-state index in [0.717, 1.165) is 10.8 Å². The fourth-order valence-electron chi connectivity index (χ4n) is 1.67. The van der Waals surface area contributed by atoms with Gasteiger partial charge in [-0.2, -0.15) is 0 Å². The Morgan fingerprint density at radius 2 is 2.25 bits per heavy atom. The zero-order valence-corrected chi connectivity index (χ0v) is 8.16. The highest BCUT2D eigenvalue weighted by molar-refractivity contribution is 7.13. The molecule has 3 heteroatoms. The Morgan fingerprint density at radius 1 is 1.50 bits per heavy atom. The molecule has 1 N–H and O–H groups in total. The van der Waals surface area contributed by atoms with Crippen molar-refractivity contribution in [3.8, 4) is 0 Å². The molecule has 12 heavy (non-hydrogen) atoms. The molecule has 0 bridgehead atoms. The average Bonchev–Trinajstić information content (AvgIpc) is 2.63. The summed E-state index contributed by atoms with van der Waals surface area (Å²) in [7, 11) is 0. The van der Waals surface area contributed by atoms with Crippen molar-refractivity contribution in [2.24, 2.45) is 0 Å². The molecule has 0 spiro atoms. The highest BCUT2D eigenvalue weighted by Gasteiger charge is 2.15. The van der Waals surface area contributed by atoms with Crippen LogP contribution in [-0.4, -0.2) is 11.0 Å². The van der Waals surface area contributed by atoms with Crippen molar-refractivity contribution in [1.29, 1.82) is 0 Å². The molecule has 0 amide bonds. The third kappa shape index (κ3) is 1.78. The lowest BCUT2D eigenvalue weighted by atomic mass is 10.3. The molecule has 0 atom stereocenters. The predicted molar refractivity (Wildman–Crippen MR) is 52.7 cm³/mol. The van der Waals surface area contributed by atoms with Gasteiger partial charge in [-0.25, -0.2) is 4.98 Å². The number of aromatic nitrogens is 1. The maximum Gasteiger partial charge on any atom is 0.183 e. The number of nitrogens with one attached hydrogen (secondary N) is 1. The number of hydrogen-bond acceptors (Lipinski definition) is 3. The van der Waals surface area contributed by atoms with E-state index in [1.165, 1.54) is 25.7 Å². The van der Waals surface area contributed by atoms with E-state index in [1.54, 1.807) is 11.3 Å².